The first kappa shape index (κ1) is 18.0. The van der Waals surface area contributed by atoms with E-state index in [1.807, 2.05) is 16.7 Å². The molecular weight excluding hydrogens is 312 g/mol. The van der Waals surface area contributed by atoms with Crippen LogP contribution in [0.15, 0.2) is 24.3 Å². The van der Waals surface area contributed by atoms with Crippen LogP contribution in [0.2, 0.25) is 0 Å². The highest BCUT2D eigenvalue weighted by molar-refractivity contribution is 5.79. The van der Waals surface area contributed by atoms with Gasteiger partial charge < -0.3 is 9.80 Å². The Morgan fingerprint density at radius 3 is 2.48 bits per heavy atom. The first-order valence-electron chi connectivity index (χ1n) is 9.68. The van der Waals surface area contributed by atoms with Crippen molar-refractivity contribution in [1.29, 1.82) is 0 Å². The van der Waals surface area contributed by atoms with E-state index in [9.17, 15) is 9.59 Å². The molecule has 25 heavy (non-hydrogen) atoms. The van der Waals surface area contributed by atoms with E-state index in [1.54, 1.807) is 0 Å². The van der Waals surface area contributed by atoms with Gasteiger partial charge >= 0.3 is 0 Å². The summed E-state index contributed by atoms with van der Waals surface area (Å²) in [5, 5.41) is 0. The van der Waals surface area contributed by atoms with Crippen molar-refractivity contribution in [3.05, 3.63) is 35.4 Å². The van der Waals surface area contributed by atoms with Crippen molar-refractivity contribution in [3.63, 3.8) is 0 Å². The molecule has 2 aliphatic rings. The van der Waals surface area contributed by atoms with Crippen LogP contribution in [-0.2, 0) is 22.4 Å². The van der Waals surface area contributed by atoms with Gasteiger partial charge in [0.2, 0.25) is 11.8 Å². The molecule has 1 unspecified atom stereocenters. The number of benzene rings is 1. The molecule has 136 valence electrons. The van der Waals surface area contributed by atoms with Crippen LogP contribution in [0.1, 0.15) is 50.7 Å². The number of aryl methyl sites for hydroxylation is 1. The molecule has 2 aliphatic heterocycles. The topological polar surface area (TPSA) is 40.6 Å². The Labute approximate surface area is 151 Å². The molecule has 2 amide bonds. The zero-order valence-corrected chi connectivity index (χ0v) is 15.6. The zero-order chi connectivity index (χ0) is 17.9. The summed E-state index contributed by atoms with van der Waals surface area (Å²) in [6, 6.07) is 8.39. The zero-order valence-electron chi connectivity index (χ0n) is 15.6. The van der Waals surface area contributed by atoms with Crippen molar-refractivity contribution in [3.8, 4) is 0 Å². The van der Waals surface area contributed by atoms with Gasteiger partial charge in [0, 0.05) is 38.0 Å². The summed E-state index contributed by atoms with van der Waals surface area (Å²) in [5.74, 6) is 0.496. The number of carbonyl (C=O) groups excluding carboxylic acids is 2. The van der Waals surface area contributed by atoms with E-state index in [4.69, 9.17) is 0 Å². The maximum absolute atomic E-state index is 12.8. The summed E-state index contributed by atoms with van der Waals surface area (Å²) < 4.78 is 0. The molecule has 0 bridgehead atoms. The maximum Gasteiger partial charge on any atom is 0.227 e. The van der Waals surface area contributed by atoms with Gasteiger partial charge in [0.05, 0.1) is 6.42 Å². The number of piperidine rings is 2. The smallest absolute Gasteiger partial charge is 0.227 e. The Kier molecular flexibility index (Phi) is 5.45. The minimum atomic E-state index is 0.115. The first-order chi connectivity index (χ1) is 12.0. The fourth-order valence-corrected chi connectivity index (χ4v) is 4.32. The number of nitrogens with zero attached hydrogens (tertiary/aromatic N) is 2. The van der Waals surface area contributed by atoms with E-state index in [0.29, 0.717) is 12.8 Å². The quantitative estimate of drug-likeness (QED) is 0.844. The summed E-state index contributed by atoms with van der Waals surface area (Å²) >= 11 is 0. The van der Waals surface area contributed by atoms with Crippen molar-refractivity contribution in [2.45, 2.75) is 52.4 Å². The summed E-state index contributed by atoms with van der Waals surface area (Å²) in [4.78, 5) is 28.8. The van der Waals surface area contributed by atoms with Gasteiger partial charge in [0.15, 0.2) is 0 Å². The van der Waals surface area contributed by atoms with E-state index in [-0.39, 0.29) is 17.2 Å². The highest BCUT2D eigenvalue weighted by Gasteiger charge is 2.42. The largest absolute Gasteiger partial charge is 0.342 e. The molecule has 0 aromatic heterocycles. The predicted octanol–water partition coefficient (Wildman–Crippen LogP) is 3.04. The third-order valence-electron chi connectivity index (χ3n) is 5.93. The number of hydrogen-bond donors (Lipinski definition) is 0. The third-order valence-corrected chi connectivity index (χ3v) is 5.93. The lowest BCUT2D eigenvalue weighted by Gasteiger charge is -2.48. The van der Waals surface area contributed by atoms with Crippen LogP contribution >= 0.6 is 0 Å². The third kappa shape index (κ3) is 4.05. The van der Waals surface area contributed by atoms with Crippen molar-refractivity contribution in [2.24, 2.45) is 5.41 Å². The Hall–Kier alpha value is -1.84. The second kappa shape index (κ2) is 7.59. The fraction of sp³-hybridized carbons (Fsp3) is 0.619. The summed E-state index contributed by atoms with van der Waals surface area (Å²) in [5.41, 5.74) is 2.51. The minimum Gasteiger partial charge on any atom is -0.342 e. The average Bonchev–Trinajstić information content (AvgIpc) is 2.64. The Morgan fingerprint density at radius 2 is 1.80 bits per heavy atom. The van der Waals surface area contributed by atoms with Crippen LogP contribution < -0.4 is 0 Å². The van der Waals surface area contributed by atoms with Crippen LogP contribution in [0.5, 0.6) is 0 Å². The normalized spacial score (nSPS) is 24.0. The fourth-order valence-electron chi connectivity index (χ4n) is 4.32. The molecule has 0 radical (unpaired) electrons. The Balaban J connectivity index is 1.64. The number of rotatable bonds is 4. The molecule has 2 saturated heterocycles. The van der Waals surface area contributed by atoms with Gasteiger partial charge in [-0.1, -0.05) is 31.2 Å². The van der Waals surface area contributed by atoms with Crippen LogP contribution in [0.4, 0.5) is 0 Å². The van der Waals surface area contributed by atoms with E-state index >= 15 is 0 Å². The number of carbonyl (C=O) groups is 2. The molecule has 2 fully saturated rings. The first-order valence-corrected chi connectivity index (χ1v) is 9.68. The van der Waals surface area contributed by atoms with Crippen LogP contribution in [0.3, 0.4) is 0 Å². The minimum absolute atomic E-state index is 0.115. The molecule has 4 nitrogen and oxygen atoms in total. The van der Waals surface area contributed by atoms with E-state index in [0.717, 1.165) is 57.4 Å². The molecule has 1 spiro atoms. The van der Waals surface area contributed by atoms with Gasteiger partial charge in [-0.2, -0.15) is 0 Å². The average molecular weight is 342 g/mol. The highest BCUT2D eigenvalue weighted by atomic mass is 16.2. The maximum atomic E-state index is 12.8. The lowest BCUT2D eigenvalue weighted by Crippen LogP contribution is -2.55. The Morgan fingerprint density at radius 1 is 1.08 bits per heavy atom. The van der Waals surface area contributed by atoms with E-state index in [2.05, 4.69) is 31.2 Å². The van der Waals surface area contributed by atoms with E-state index < -0.39 is 0 Å². The van der Waals surface area contributed by atoms with Crippen LogP contribution in [0, 0.1) is 5.41 Å². The predicted molar refractivity (Wildman–Crippen MR) is 99.3 cm³/mol. The SMILES string of the molecule is CCc1ccc(CC(=O)N2CCCC3(CCC(=O)N(CC)C3)C2)cc1. The van der Waals surface area contributed by atoms with Crippen molar-refractivity contribution >= 4 is 11.8 Å². The van der Waals surface area contributed by atoms with Crippen molar-refractivity contribution < 1.29 is 9.59 Å². The van der Waals surface area contributed by atoms with Gasteiger partial charge in [0.1, 0.15) is 0 Å². The van der Waals surface area contributed by atoms with Gasteiger partial charge in [-0.3, -0.25) is 9.59 Å². The van der Waals surface area contributed by atoms with Crippen molar-refractivity contribution in [2.75, 3.05) is 26.2 Å². The van der Waals surface area contributed by atoms with Gasteiger partial charge in [-0.05, 0) is 43.7 Å². The van der Waals surface area contributed by atoms with Crippen LogP contribution in [0.25, 0.3) is 0 Å². The van der Waals surface area contributed by atoms with Gasteiger partial charge in [-0.15, -0.1) is 0 Å². The Bertz CT molecular complexity index is 625. The molecule has 1 aromatic carbocycles. The lowest BCUT2D eigenvalue weighted by molar-refractivity contribution is -0.142. The highest BCUT2D eigenvalue weighted by Crippen LogP contribution is 2.38. The van der Waals surface area contributed by atoms with Gasteiger partial charge in [0.25, 0.3) is 0 Å². The standard InChI is InChI=1S/C21H30N2O2/c1-3-17-6-8-18(9-7-17)14-20(25)23-13-5-11-21(16-23)12-10-19(24)22(4-2)15-21/h6-9H,3-5,10-16H2,1-2H3. The second-order valence-electron chi connectivity index (χ2n) is 7.67. The molecule has 1 aromatic rings. The molecule has 3 rings (SSSR count). The van der Waals surface area contributed by atoms with Crippen molar-refractivity contribution in [1.82, 2.24) is 9.80 Å². The number of likely N-dealkylation sites (tertiary alicyclic amines) is 2. The lowest BCUT2D eigenvalue weighted by atomic mass is 9.73. The molecule has 4 heteroatoms. The summed E-state index contributed by atoms with van der Waals surface area (Å²) in [7, 11) is 0. The van der Waals surface area contributed by atoms with E-state index in [1.165, 1.54) is 5.56 Å². The molecule has 2 heterocycles. The molecule has 0 saturated carbocycles. The number of hydrogen-bond acceptors (Lipinski definition) is 2. The number of amides is 2. The van der Waals surface area contributed by atoms with Gasteiger partial charge in [-0.25, -0.2) is 0 Å². The monoisotopic (exact) mass is 342 g/mol. The molecule has 0 aliphatic carbocycles. The summed E-state index contributed by atoms with van der Waals surface area (Å²) in [6.07, 6.45) is 5.25. The summed E-state index contributed by atoms with van der Waals surface area (Å²) in [6.45, 7) is 7.44. The molecular formula is C21H30N2O2. The molecule has 1 atom stereocenters. The van der Waals surface area contributed by atoms with Crippen LogP contribution in [-0.4, -0.2) is 47.8 Å². The molecule has 0 N–H and O–H groups in total. The second-order valence-corrected chi connectivity index (χ2v) is 7.67.